The number of benzene rings is 1. The summed E-state index contributed by atoms with van der Waals surface area (Å²) in [6.45, 7) is 2.90. The summed E-state index contributed by atoms with van der Waals surface area (Å²) in [5, 5.41) is 2.67. The van der Waals surface area contributed by atoms with Gasteiger partial charge in [0.15, 0.2) is 5.78 Å². The third-order valence-corrected chi connectivity index (χ3v) is 5.93. The largest absolute Gasteiger partial charge is 0.406 e. The Hall–Kier alpha value is -3.17. The molecule has 2 heterocycles. The van der Waals surface area contributed by atoms with Crippen LogP contribution in [0, 0.1) is 19.7 Å². The number of hydrogen-bond donors (Lipinski definition) is 1. The predicted molar refractivity (Wildman–Crippen MR) is 112 cm³/mol. The van der Waals surface area contributed by atoms with Gasteiger partial charge >= 0.3 is 12.2 Å². The number of amides is 3. The van der Waals surface area contributed by atoms with Gasteiger partial charge in [-0.05, 0) is 44.0 Å². The highest BCUT2D eigenvalue weighted by atomic mass is 19.4. The van der Waals surface area contributed by atoms with Crippen molar-refractivity contribution in [3.05, 3.63) is 58.7 Å². The predicted octanol–water partition coefficient (Wildman–Crippen LogP) is 4.63. The van der Waals surface area contributed by atoms with Crippen molar-refractivity contribution in [2.75, 3.05) is 6.54 Å². The molecule has 1 aromatic heterocycles. The summed E-state index contributed by atoms with van der Waals surface area (Å²) in [6.07, 6.45) is -2.89. The molecule has 0 unspecified atom stereocenters. The van der Waals surface area contributed by atoms with E-state index in [2.05, 4.69) is 5.32 Å². The van der Waals surface area contributed by atoms with Crippen LogP contribution in [0.15, 0.2) is 30.3 Å². The lowest BCUT2D eigenvalue weighted by Crippen LogP contribution is -2.44. The molecule has 0 bridgehead atoms. The third kappa shape index (κ3) is 4.79. The number of unbranched alkanes of at least 4 members (excludes halogenated alkanes) is 1. The summed E-state index contributed by atoms with van der Waals surface area (Å²) in [4.78, 5) is 39.8. The molecular formula is C23H25F4N3O3. The summed E-state index contributed by atoms with van der Waals surface area (Å²) in [5.74, 6) is -1.79. The van der Waals surface area contributed by atoms with Gasteiger partial charge in [-0.1, -0.05) is 31.9 Å². The van der Waals surface area contributed by atoms with Crippen molar-refractivity contribution in [1.29, 1.82) is 0 Å². The smallest absolute Gasteiger partial charge is 0.339 e. The average Bonchev–Trinajstić information content (AvgIpc) is 3.14. The number of rotatable bonds is 8. The molecule has 178 valence electrons. The highest BCUT2D eigenvalue weighted by Gasteiger charge is 2.52. The summed E-state index contributed by atoms with van der Waals surface area (Å²) in [7, 11) is 0. The van der Waals surface area contributed by atoms with E-state index in [1.807, 2.05) is 6.92 Å². The molecule has 33 heavy (non-hydrogen) atoms. The van der Waals surface area contributed by atoms with Gasteiger partial charge in [-0.2, -0.15) is 13.2 Å². The van der Waals surface area contributed by atoms with Crippen molar-refractivity contribution >= 4 is 17.7 Å². The fraction of sp³-hybridized carbons (Fsp3) is 0.435. The second-order valence-corrected chi connectivity index (χ2v) is 8.25. The molecule has 6 nitrogen and oxygen atoms in total. The van der Waals surface area contributed by atoms with Crippen molar-refractivity contribution < 1.29 is 31.9 Å². The van der Waals surface area contributed by atoms with Crippen LogP contribution in [0.1, 0.15) is 53.5 Å². The highest BCUT2D eigenvalue weighted by molar-refractivity contribution is 6.11. The van der Waals surface area contributed by atoms with E-state index in [9.17, 15) is 31.9 Å². The molecule has 1 atom stereocenters. The summed E-state index contributed by atoms with van der Waals surface area (Å²) >= 11 is 0. The fourth-order valence-corrected chi connectivity index (χ4v) is 4.19. The molecule has 0 saturated carbocycles. The molecule has 0 radical (unpaired) electrons. The Kier molecular flexibility index (Phi) is 6.67. The molecule has 3 rings (SSSR count). The topological polar surface area (TPSA) is 71.4 Å². The summed E-state index contributed by atoms with van der Waals surface area (Å²) in [5.41, 5.74) is -0.667. The number of hydrogen-bond acceptors (Lipinski definition) is 3. The lowest BCUT2D eigenvalue weighted by Gasteiger charge is -2.27. The number of Topliss-reactive ketones (excluding diaryl/α,β-unsaturated/α-hetero) is 1. The first-order valence-electron chi connectivity index (χ1n) is 10.6. The quantitative estimate of drug-likeness (QED) is 0.350. The molecule has 1 saturated heterocycles. The molecule has 1 fully saturated rings. The minimum Gasteiger partial charge on any atom is -0.339 e. The van der Waals surface area contributed by atoms with E-state index in [4.69, 9.17) is 0 Å². The number of imide groups is 1. The first-order valence-corrected chi connectivity index (χ1v) is 10.6. The van der Waals surface area contributed by atoms with Crippen molar-refractivity contribution in [3.63, 3.8) is 0 Å². The first kappa shape index (κ1) is 24.5. The molecule has 0 aliphatic carbocycles. The molecule has 1 aliphatic heterocycles. The number of urea groups is 1. The number of halogens is 4. The number of alkyl halides is 3. The van der Waals surface area contributed by atoms with E-state index in [-0.39, 0.29) is 23.4 Å². The SMILES string of the molecule is CCCC[C@]1(c2ccc(F)cc2)NC(=O)N(CC(=O)c2cc(C)n(CC(F)(F)F)c2C)C1=O. The van der Waals surface area contributed by atoms with Crippen LogP contribution < -0.4 is 5.32 Å². The Bertz CT molecular complexity index is 1080. The average molecular weight is 467 g/mol. The zero-order valence-corrected chi connectivity index (χ0v) is 18.6. The van der Waals surface area contributed by atoms with E-state index < -0.39 is 48.3 Å². The van der Waals surface area contributed by atoms with Crippen LogP contribution in [-0.4, -0.2) is 39.9 Å². The Labute approximate surface area is 188 Å². The first-order chi connectivity index (χ1) is 15.4. The van der Waals surface area contributed by atoms with E-state index in [1.165, 1.54) is 44.2 Å². The number of aromatic nitrogens is 1. The third-order valence-electron chi connectivity index (χ3n) is 5.93. The van der Waals surface area contributed by atoms with Gasteiger partial charge in [0.05, 0.1) is 6.54 Å². The molecule has 1 aromatic carbocycles. The maximum atomic E-state index is 13.4. The molecule has 0 spiro atoms. The van der Waals surface area contributed by atoms with Gasteiger partial charge in [0.1, 0.15) is 17.9 Å². The Morgan fingerprint density at radius 3 is 2.33 bits per heavy atom. The van der Waals surface area contributed by atoms with Crippen LogP contribution in [0.25, 0.3) is 0 Å². The van der Waals surface area contributed by atoms with Gasteiger partial charge in [0, 0.05) is 17.0 Å². The molecule has 1 aliphatic rings. The maximum absolute atomic E-state index is 13.4. The Balaban J connectivity index is 1.89. The molecule has 10 heteroatoms. The van der Waals surface area contributed by atoms with Gasteiger partial charge < -0.3 is 9.88 Å². The number of aryl methyl sites for hydroxylation is 1. The van der Waals surface area contributed by atoms with Crippen molar-refractivity contribution in [2.24, 2.45) is 0 Å². The number of carbonyl (C=O) groups excluding carboxylic acids is 3. The maximum Gasteiger partial charge on any atom is 0.406 e. The van der Waals surface area contributed by atoms with Gasteiger partial charge in [0.25, 0.3) is 5.91 Å². The second kappa shape index (κ2) is 8.99. The van der Waals surface area contributed by atoms with Crippen LogP contribution in [0.3, 0.4) is 0 Å². The van der Waals surface area contributed by atoms with E-state index in [0.717, 1.165) is 15.9 Å². The lowest BCUT2D eigenvalue weighted by molar-refractivity contribution is -0.141. The summed E-state index contributed by atoms with van der Waals surface area (Å²) < 4.78 is 53.1. The standard InChI is InChI=1S/C23H25F4N3O3/c1-4-5-10-22(16-6-8-17(24)9-7-16)20(32)29(21(33)28-22)12-19(31)18-11-14(2)30(15(18)3)13-23(25,26)27/h6-9,11H,4-5,10,12-13H2,1-3H3,(H,28,33)/t22-/m1/s1. The minimum absolute atomic E-state index is 0.0187. The Morgan fingerprint density at radius 2 is 1.76 bits per heavy atom. The van der Waals surface area contributed by atoms with Crippen molar-refractivity contribution in [2.45, 2.75) is 58.3 Å². The second-order valence-electron chi connectivity index (χ2n) is 8.25. The zero-order valence-electron chi connectivity index (χ0n) is 18.6. The van der Waals surface area contributed by atoms with E-state index in [0.29, 0.717) is 12.0 Å². The minimum atomic E-state index is -4.46. The van der Waals surface area contributed by atoms with Crippen molar-refractivity contribution in [1.82, 2.24) is 14.8 Å². The fourth-order valence-electron chi connectivity index (χ4n) is 4.19. The van der Waals surface area contributed by atoms with Crippen LogP contribution >= 0.6 is 0 Å². The number of carbonyl (C=O) groups is 3. The zero-order chi connectivity index (χ0) is 24.6. The van der Waals surface area contributed by atoms with Gasteiger partial charge in [-0.3, -0.25) is 14.5 Å². The van der Waals surface area contributed by atoms with Gasteiger partial charge in [0.2, 0.25) is 0 Å². The molecular weight excluding hydrogens is 442 g/mol. The van der Waals surface area contributed by atoms with Gasteiger partial charge in [-0.25, -0.2) is 9.18 Å². The van der Waals surface area contributed by atoms with Crippen LogP contribution in [0.5, 0.6) is 0 Å². The van der Waals surface area contributed by atoms with E-state index in [1.54, 1.807) is 0 Å². The monoisotopic (exact) mass is 467 g/mol. The van der Waals surface area contributed by atoms with Crippen LogP contribution in [-0.2, 0) is 16.9 Å². The number of nitrogens with zero attached hydrogens (tertiary/aromatic N) is 2. The normalized spacial score (nSPS) is 18.7. The molecule has 2 aromatic rings. The molecule has 3 amide bonds. The number of nitrogens with one attached hydrogen (secondary N) is 1. The van der Waals surface area contributed by atoms with E-state index >= 15 is 0 Å². The summed E-state index contributed by atoms with van der Waals surface area (Å²) in [6, 6.07) is 5.75. The van der Waals surface area contributed by atoms with Crippen LogP contribution in [0.4, 0.5) is 22.4 Å². The van der Waals surface area contributed by atoms with Crippen molar-refractivity contribution in [3.8, 4) is 0 Å². The highest BCUT2D eigenvalue weighted by Crippen LogP contribution is 2.34. The molecule has 1 N–H and O–H groups in total. The number of ketones is 1. The van der Waals surface area contributed by atoms with Gasteiger partial charge in [-0.15, -0.1) is 0 Å². The lowest BCUT2D eigenvalue weighted by atomic mass is 9.84. The van der Waals surface area contributed by atoms with Crippen LogP contribution in [0.2, 0.25) is 0 Å². The Morgan fingerprint density at radius 1 is 1.12 bits per heavy atom.